The monoisotopic (exact) mass is 334 g/mol. The minimum absolute atomic E-state index is 1.39. The highest BCUT2D eigenvalue weighted by Gasteiger charge is 2.68. The number of halogens is 10. The molecule has 0 aromatic heterocycles. The fourth-order valence-corrected chi connectivity index (χ4v) is 1.21. The smallest absolute Gasteiger partial charge is 0.273 e. The Balaban J connectivity index is 5.38. The summed E-state index contributed by atoms with van der Waals surface area (Å²) in [5.41, 5.74) is 0. The van der Waals surface area contributed by atoms with Crippen LogP contribution in [0.5, 0.6) is 0 Å². The van der Waals surface area contributed by atoms with Crippen LogP contribution in [-0.2, 0) is 18.0 Å². The molecule has 0 saturated carbocycles. The topological polar surface area (TPSA) is 52.6 Å². The summed E-state index contributed by atoms with van der Waals surface area (Å²) in [6, 6.07) is 0. The number of rotatable bonds is 2. The first-order valence-corrected chi connectivity index (χ1v) is 5.30. The highest BCUT2D eigenvalue weighted by molar-refractivity contribution is 8.42. The molecule has 0 aromatic rings. The molecule has 0 saturated heterocycles. The van der Waals surface area contributed by atoms with E-state index < -0.39 is 34.7 Å². The molecular formula is C4F10O4S. The molecule has 0 aliphatic carbocycles. The summed E-state index contributed by atoms with van der Waals surface area (Å²) in [5, 5.41) is 0. The van der Waals surface area contributed by atoms with Crippen molar-refractivity contribution in [3.8, 4) is 0 Å². The summed E-state index contributed by atoms with van der Waals surface area (Å²) in [6.45, 7) is 0. The lowest BCUT2D eigenvalue weighted by Gasteiger charge is -2.51. The van der Waals surface area contributed by atoms with Crippen molar-refractivity contribution < 1.29 is 59.8 Å². The van der Waals surface area contributed by atoms with Gasteiger partial charge in [0.15, 0.2) is 0 Å². The molecule has 0 aromatic carbocycles. The van der Waals surface area contributed by atoms with Gasteiger partial charge in [-0.3, -0.25) is 8.37 Å². The van der Waals surface area contributed by atoms with E-state index in [1.807, 2.05) is 0 Å². The molecule has 0 unspecified atom stereocenters. The Labute approximate surface area is 95.6 Å². The van der Waals surface area contributed by atoms with E-state index >= 15 is 0 Å². The minimum atomic E-state index is -11.1. The fraction of sp³-hybridized carbons (Fsp3) is 0.500. The van der Waals surface area contributed by atoms with Crippen LogP contribution in [0, 0.1) is 0 Å². The third kappa shape index (κ3) is 5.84. The molecule has 0 N–H and O–H groups in total. The van der Waals surface area contributed by atoms with Gasteiger partial charge in [-0.15, -0.1) is 0 Å². The van der Waals surface area contributed by atoms with E-state index in [0.29, 0.717) is 0 Å². The maximum absolute atomic E-state index is 12.3. The molecule has 0 heterocycles. The number of carbonyl (C=O) groups excluding carboxylic acids is 2. The molecule has 19 heavy (non-hydrogen) atoms. The summed E-state index contributed by atoms with van der Waals surface area (Å²) in [5.74, 6) is -8.47. The molecule has 0 aliphatic rings. The maximum atomic E-state index is 12.3. The van der Waals surface area contributed by atoms with Gasteiger partial charge in [0.1, 0.15) is 0 Å². The van der Waals surface area contributed by atoms with E-state index in [2.05, 4.69) is 0 Å². The van der Waals surface area contributed by atoms with E-state index in [-0.39, 0.29) is 0 Å². The lowest BCUT2D eigenvalue weighted by molar-refractivity contribution is -0.200. The Morgan fingerprint density at radius 3 is 1.05 bits per heavy atom. The number of hydrogen-bond donors (Lipinski definition) is 0. The van der Waals surface area contributed by atoms with Crippen LogP contribution in [0.4, 0.5) is 41.9 Å². The first-order chi connectivity index (χ1) is 7.76. The highest BCUT2D eigenvalue weighted by Crippen LogP contribution is 2.98. The molecule has 15 heteroatoms. The highest BCUT2D eigenvalue weighted by atomic mass is 32.5. The second kappa shape index (κ2) is 3.57. The van der Waals surface area contributed by atoms with Gasteiger partial charge < -0.3 is 0 Å². The Hall–Kier alpha value is -1.41. The summed E-state index contributed by atoms with van der Waals surface area (Å²) in [7, 11) is -11.1. The standard InChI is InChI=1S/C4F10O4S/c5-3(6,7)1(15)17-19(11,12,13,14)18-2(16)4(8,9)10. The molecule has 0 bridgehead atoms. The van der Waals surface area contributed by atoms with E-state index in [1.165, 1.54) is 8.37 Å². The number of carbonyl (C=O) groups is 2. The van der Waals surface area contributed by atoms with Crippen molar-refractivity contribution in [2.24, 2.45) is 0 Å². The van der Waals surface area contributed by atoms with E-state index in [9.17, 15) is 51.5 Å². The average Bonchev–Trinajstić information content (AvgIpc) is 1.94. The normalized spacial score (nSPS) is 17.2. The Kier molecular flexibility index (Phi) is 3.31. The van der Waals surface area contributed by atoms with E-state index in [0.717, 1.165) is 0 Å². The Morgan fingerprint density at radius 1 is 0.684 bits per heavy atom. The van der Waals surface area contributed by atoms with Gasteiger partial charge in [0, 0.05) is 0 Å². The molecular weight excluding hydrogens is 334 g/mol. The van der Waals surface area contributed by atoms with Crippen molar-refractivity contribution in [2.45, 2.75) is 12.4 Å². The van der Waals surface area contributed by atoms with E-state index in [4.69, 9.17) is 0 Å². The van der Waals surface area contributed by atoms with Gasteiger partial charge in [0.2, 0.25) is 10.4 Å². The summed E-state index contributed by atoms with van der Waals surface area (Å²) in [6.07, 6.45) is -12.8. The minimum Gasteiger partial charge on any atom is -0.273 e. The zero-order chi connectivity index (χ0) is 16.0. The van der Waals surface area contributed by atoms with Crippen LogP contribution in [0.25, 0.3) is 0 Å². The summed E-state index contributed by atoms with van der Waals surface area (Å²) < 4.78 is 120. The van der Waals surface area contributed by atoms with Gasteiger partial charge in [-0.05, 0) is 15.5 Å². The van der Waals surface area contributed by atoms with Gasteiger partial charge in [-0.2, -0.15) is 26.3 Å². The van der Waals surface area contributed by atoms with Gasteiger partial charge >= 0.3 is 24.3 Å². The first kappa shape index (κ1) is 17.6. The molecule has 0 amide bonds. The molecule has 0 fully saturated rings. The molecule has 0 atom stereocenters. The molecule has 0 radical (unpaired) electrons. The Bertz CT molecular complexity index is 378. The van der Waals surface area contributed by atoms with Crippen molar-refractivity contribution in [1.29, 1.82) is 0 Å². The van der Waals surface area contributed by atoms with Crippen molar-refractivity contribution >= 4 is 22.3 Å². The molecule has 0 spiro atoms. The van der Waals surface area contributed by atoms with Crippen LogP contribution in [0.2, 0.25) is 0 Å². The van der Waals surface area contributed by atoms with Crippen molar-refractivity contribution in [3.63, 3.8) is 0 Å². The summed E-state index contributed by atoms with van der Waals surface area (Å²) in [4.78, 5) is 19.5. The van der Waals surface area contributed by atoms with Crippen LogP contribution < -0.4 is 0 Å². The zero-order valence-corrected chi connectivity index (χ0v) is 8.64. The maximum Gasteiger partial charge on any atom is 0.493 e. The van der Waals surface area contributed by atoms with Crippen LogP contribution in [0.15, 0.2) is 0 Å². The SMILES string of the molecule is O=C(OS(F)(F)(F)(F)OC(=O)C(F)(F)F)C(F)(F)F. The van der Waals surface area contributed by atoms with Crippen molar-refractivity contribution in [1.82, 2.24) is 0 Å². The van der Waals surface area contributed by atoms with Crippen molar-refractivity contribution in [2.75, 3.05) is 0 Å². The predicted molar refractivity (Wildman–Crippen MR) is 36.3 cm³/mol. The van der Waals surface area contributed by atoms with Crippen LogP contribution in [0.1, 0.15) is 0 Å². The Morgan fingerprint density at radius 2 is 0.895 bits per heavy atom. The summed E-state index contributed by atoms with van der Waals surface area (Å²) >= 11 is 0. The third-order valence-electron chi connectivity index (χ3n) is 0.934. The lowest BCUT2D eigenvalue weighted by atomic mass is 10.7. The van der Waals surface area contributed by atoms with E-state index in [1.54, 1.807) is 0 Å². The van der Waals surface area contributed by atoms with Crippen LogP contribution >= 0.6 is 10.4 Å². The van der Waals surface area contributed by atoms with Gasteiger partial charge in [0.25, 0.3) is 0 Å². The number of alkyl halides is 6. The molecule has 0 rings (SSSR count). The average molecular weight is 334 g/mol. The first-order valence-electron chi connectivity index (χ1n) is 3.40. The predicted octanol–water partition coefficient (Wildman–Crippen LogP) is 3.44. The van der Waals surface area contributed by atoms with Gasteiger partial charge in [0.05, 0.1) is 0 Å². The quantitative estimate of drug-likeness (QED) is 0.726. The largest absolute Gasteiger partial charge is 0.493 e. The van der Waals surface area contributed by atoms with Gasteiger partial charge in [-0.25, -0.2) is 9.59 Å². The second-order valence-electron chi connectivity index (χ2n) is 2.66. The fourth-order valence-electron chi connectivity index (χ4n) is 0.402. The third-order valence-corrected chi connectivity index (χ3v) is 1.88. The second-order valence-corrected chi connectivity index (χ2v) is 4.84. The number of hydrogen-bond acceptors (Lipinski definition) is 4. The van der Waals surface area contributed by atoms with Crippen molar-refractivity contribution in [3.05, 3.63) is 0 Å². The molecule has 116 valence electrons. The van der Waals surface area contributed by atoms with Crippen LogP contribution in [0.3, 0.4) is 0 Å². The lowest BCUT2D eigenvalue weighted by Crippen LogP contribution is -2.37. The molecule has 4 nitrogen and oxygen atoms in total. The zero-order valence-electron chi connectivity index (χ0n) is 7.82. The van der Waals surface area contributed by atoms with Crippen LogP contribution in [-0.4, -0.2) is 24.3 Å². The van der Waals surface area contributed by atoms with Gasteiger partial charge in [-0.1, -0.05) is 0 Å². The molecule has 0 aliphatic heterocycles.